The third-order valence-electron chi connectivity index (χ3n) is 6.56. The smallest absolute Gasteiger partial charge is 0.224 e. The second-order valence-corrected chi connectivity index (χ2v) is 9.47. The van der Waals surface area contributed by atoms with Crippen molar-refractivity contribution in [2.75, 3.05) is 13.1 Å². The number of carbonyl (C=O) groups is 1. The highest BCUT2D eigenvalue weighted by molar-refractivity contribution is 6.31. The molecular formula is C28H30ClFN2O. The van der Waals surface area contributed by atoms with Gasteiger partial charge < -0.3 is 5.32 Å². The van der Waals surface area contributed by atoms with Crippen LogP contribution in [-0.2, 0) is 11.3 Å². The van der Waals surface area contributed by atoms with E-state index in [1.165, 1.54) is 6.07 Å². The Bertz CT molecular complexity index is 1100. The van der Waals surface area contributed by atoms with Gasteiger partial charge in [0, 0.05) is 24.7 Å². The van der Waals surface area contributed by atoms with E-state index in [4.69, 9.17) is 11.6 Å². The molecule has 1 saturated heterocycles. The lowest BCUT2D eigenvalue weighted by molar-refractivity contribution is -0.127. The van der Waals surface area contributed by atoms with Crippen LogP contribution in [0.4, 0.5) is 4.39 Å². The summed E-state index contributed by atoms with van der Waals surface area (Å²) in [5, 5.41) is 3.93. The van der Waals surface area contributed by atoms with E-state index in [0.29, 0.717) is 18.7 Å². The Labute approximate surface area is 200 Å². The molecule has 5 heteroatoms. The molecule has 33 heavy (non-hydrogen) atoms. The molecule has 1 amide bonds. The van der Waals surface area contributed by atoms with E-state index in [-0.39, 0.29) is 29.6 Å². The Morgan fingerprint density at radius 2 is 1.82 bits per heavy atom. The van der Waals surface area contributed by atoms with Gasteiger partial charge in [0.25, 0.3) is 0 Å². The summed E-state index contributed by atoms with van der Waals surface area (Å²) in [6.07, 6.45) is 0.734. The van der Waals surface area contributed by atoms with Crippen LogP contribution < -0.4 is 5.32 Å². The number of nitrogens with zero attached hydrogens (tertiary/aromatic N) is 1. The highest BCUT2D eigenvalue weighted by Gasteiger charge is 2.33. The Kier molecular flexibility index (Phi) is 7.46. The van der Waals surface area contributed by atoms with Crippen molar-refractivity contribution in [3.63, 3.8) is 0 Å². The van der Waals surface area contributed by atoms with Gasteiger partial charge in [-0.1, -0.05) is 72.3 Å². The lowest BCUT2D eigenvalue weighted by atomic mass is 9.83. The molecule has 0 radical (unpaired) electrons. The number of amides is 1. The van der Waals surface area contributed by atoms with Crippen LogP contribution in [0.1, 0.15) is 47.6 Å². The van der Waals surface area contributed by atoms with E-state index in [2.05, 4.69) is 10.2 Å². The van der Waals surface area contributed by atoms with Crippen LogP contribution in [0, 0.1) is 18.7 Å². The molecular weight excluding hydrogens is 435 g/mol. The number of aryl methyl sites for hydroxylation is 1. The number of rotatable bonds is 6. The summed E-state index contributed by atoms with van der Waals surface area (Å²) in [4.78, 5) is 15.6. The number of hydrogen-bond donors (Lipinski definition) is 1. The van der Waals surface area contributed by atoms with Crippen LogP contribution in [0.3, 0.4) is 0 Å². The van der Waals surface area contributed by atoms with Gasteiger partial charge in [-0.05, 0) is 60.6 Å². The minimum atomic E-state index is -0.200. The molecule has 0 saturated carbocycles. The minimum absolute atomic E-state index is 0.0547. The molecule has 1 aliphatic heterocycles. The summed E-state index contributed by atoms with van der Waals surface area (Å²) in [6.45, 7) is 5.94. The molecule has 3 aromatic carbocycles. The highest BCUT2D eigenvalue weighted by atomic mass is 35.5. The quantitative estimate of drug-likeness (QED) is 0.466. The summed E-state index contributed by atoms with van der Waals surface area (Å²) in [5.41, 5.74) is 3.84. The normalized spacial score (nSPS) is 19.8. The molecule has 172 valence electrons. The Balaban J connectivity index is 1.55. The topological polar surface area (TPSA) is 32.3 Å². The maximum absolute atomic E-state index is 13.9. The predicted molar refractivity (Wildman–Crippen MR) is 132 cm³/mol. The van der Waals surface area contributed by atoms with Gasteiger partial charge >= 0.3 is 0 Å². The van der Waals surface area contributed by atoms with Crippen molar-refractivity contribution >= 4 is 17.5 Å². The molecule has 0 spiro atoms. The van der Waals surface area contributed by atoms with Crippen LogP contribution in [-0.4, -0.2) is 23.9 Å². The maximum Gasteiger partial charge on any atom is 0.224 e. The number of piperidine rings is 1. The van der Waals surface area contributed by atoms with Crippen molar-refractivity contribution in [1.29, 1.82) is 0 Å². The first-order valence-corrected chi connectivity index (χ1v) is 11.9. The summed E-state index contributed by atoms with van der Waals surface area (Å²) in [6, 6.07) is 23.1. The van der Waals surface area contributed by atoms with E-state index in [0.717, 1.165) is 34.7 Å². The maximum atomic E-state index is 13.9. The van der Waals surface area contributed by atoms with Crippen LogP contribution >= 0.6 is 11.6 Å². The van der Waals surface area contributed by atoms with Crippen molar-refractivity contribution in [1.82, 2.24) is 10.2 Å². The number of likely N-dealkylation sites (tertiary alicyclic amines) is 1. The van der Waals surface area contributed by atoms with Gasteiger partial charge in [-0.25, -0.2) is 4.39 Å². The van der Waals surface area contributed by atoms with Gasteiger partial charge in [-0.2, -0.15) is 0 Å². The lowest BCUT2D eigenvalue weighted by Gasteiger charge is -2.38. The summed E-state index contributed by atoms with van der Waals surface area (Å²) in [7, 11) is 0. The fraction of sp³-hybridized carbons (Fsp3) is 0.321. The summed E-state index contributed by atoms with van der Waals surface area (Å²) in [5.74, 6) is -0.168. The average Bonchev–Trinajstić information content (AvgIpc) is 2.82. The molecule has 0 aliphatic carbocycles. The minimum Gasteiger partial charge on any atom is -0.349 e. The number of benzene rings is 3. The zero-order valence-corrected chi connectivity index (χ0v) is 19.9. The third-order valence-corrected chi connectivity index (χ3v) is 6.93. The summed E-state index contributed by atoms with van der Waals surface area (Å²) >= 11 is 6.42. The van der Waals surface area contributed by atoms with Crippen molar-refractivity contribution < 1.29 is 9.18 Å². The SMILES string of the molecule is Cc1cc([C@@H]2C[C@H](C(=O)N[C@@H](C)c3ccccc3)CN(Cc3ccccc3Cl)C2)ccc1F. The third kappa shape index (κ3) is 5.82. The van der Waals surface area contributed by atoms with E-state index in [1.807, 2.05) is 73.7 Å². The highest BCUT2D eigenvalue weighted by Crippen LogP contribution is 2.33. The number of halogens is 2. The zero-order valence-electron chi connectivity index (χ0n) is 19.1. The van der Waals surface area contributed by atoms with Gasteiger partial charge in [-0.3, -0.25) is 9.69 Å². The molecule has 3 atom stereocenters. The number of hydrogen-bond acceptors (Lipinski definition) is 2. The molecule has 0 unspecified atom stereocenters. The monoisotopic (exact) mass is 464 g/mol. The number of carbonyl (C=O) groups excluding carboxylic acids is 1. The molecule has 1 N–H and O–H groups in total. The van der Waals surface area contributed by atoms with Gasteiger partial charge in [0.2, 0.25) is 5.91 Å². The van der Waals surface area contributed by atoms with Crippen molar-refractivity contribution in [2.45, 2.75) is 38.8 Å². The molecule has 0 aromatic heterocycles. The van der Waals surface area contributed by atoms with Gasteiger partial charge in [0.15, 0.2) is 0 Å². The molecule has 1 fully saturated rings. The summed E-state index contributed by atoms with van der Waals surface area (Å²) < 4.78 is 13.9. The van der Waals surface area contributed by atoms with Crippen LogP contribution in [0.25, 0.3) is 0 Å². The van der Waals surface area contributed by atoms with Crippen molar-refractivity contribution in [3.05, 3.63) is 106 Å². The van der Waals surface area contributed by atoms with Crippen LogP contribution in [0.5, 0.6) is 0 Å². The average molecular weight is 465 g/mol. The van der Waals surface area contributed by atoms with Crippen molar-refractivity contribution in [3.8, 4) is 0 Å². The van der Waals surface area contributed by atoms with Crippen molar-refractivity contribution in [2.24, 2.45) is 5.92 Å². The molecule has 0 bridgehead atoms. The van der Waals surface area contributed by atoms with Crippen LogP contribution in [0.2, 0.25) is 5.02 Å². The molecule has 3 aromatic rings. The first kappa shape index (κ1) is 23.5. The standard InChI is InChI=1S/C28H30ClFN2O/c1-19-14-22(12-13-27(19)30)24-15-25(28(33)31-20(2)21-8-4-3-5-9-21)18-32(17-24)16-23-10-6-7-11-26(23)29/h3-14,20,24-25H,15-18H2,1-2H3,(H,31,33)/t20-,24+,25-/m0/s1. The lowest BCUT2D eigenvalue weighted by Crippen LogP contribution is -2.45. The second kappa shape index (κ2) is 10.5. The van der Waals surface area contributed by atoms with Crippen LogP contribution in [0.15, 0.2) is 72.8 Å². The number of nitrogens with one attached hydrogen (secondary N) is 1. The fourth-order valence-corrected chi connectivity index (χ4v) is 4.89. The predicted octanol–water partition coefficient (Wildman–Crippen LogP) is 6.27. The molecule has 3 nitrogen and oxygen atoms in total. The van der Waals surface area contributed by atoms with Gasteiger partial charge in [0.05, 0.1) is 12.0 Å². The van der Waals surface area contributed by atoms with Gasteiger partial charge in [0.1, 0.15) is 5.82 Å². The molecule has 1 heterocycles. The molecule has 1 aliphatic rings. The van der Waals surface area contributed by atoms with Gasteiger partial charge in [-0.15, -0.1) is 0 Å². The first-order chi connectivity index (χ1) is 15.9. The second-order valence-electron chi connectivity index (χ2n) is 9.06. The Morgan fingerprint density at radius 3 is 2.55 bits per heavy atom. The van der Waals surface area contributed by atoms with E-state index < -0.39 is 0 Å². The first-order valence-electron chi connectivity index (χ1n) is 11.5. The largest absolute Gasteiger partial charge is 0.349 e. The van der Waals surface area contributed by atoms with E-state index in [1.54, 1.807) is 6.92 Å². The Morgan fingerprint density at radius 1 is 1.09 bits per heavy atom. The van der Waals surface area contributed by atoms with E-state index >= 15 is 0 Å². The fourth-order valence-electron chi connectivity index (χ4n) is 4.70. The zero-order chi connectivity index (χ0) is 23.4. The Hall–Kier alpha value is -2.69. The van der Waals surface area contributed by atoms with E-state index in [9.17, 15) is 9.18 Å². The molecule has 4 rings (SSSR count).